The van der Waals surface area contributed by atoms with Gasteiger partial charge in [-0.2, -0.15) is 26.3 Å². The number of halogens is 6. The summed E-state index contributed by atoms with van der Waals surface area (Å²) in [5.74, 6) is 0. The zero-order valence-corrected chi connectivity index (χ0v) is 11.6. The van der Waals surface area contributed by atoms with E-state index in [2.05, 4.69) is 0 Å². The predicted molar refractivity (Wildman–Crippen MR) is 52.9 cm³/mol. The van der Waals surface area contributed by atoms with E-state index < -0.39 is 45.4 Å². The van der Waals surface area contributed by atoms with Gasteiger partial charge in [0.25, 0.3) is 5.66 Å². The van der Waals surface area contributed by atoms with Gasteiger partial charge in [-0.3, -0.25) is 10.1 Å². The van der Waals surface area contributed by atoms with Gasteiger partial charge in [0.05, 0.1) is 0 Å². The van der Waals surface area contributed by atoms with Gasteiger partial charge in [0.15, 0.2) is 0 Å². The Morgan fingerprint density at radius 2 is 1.10 bits per heavy atom. The molecule has 8 nitrogen and oxygen atoms in total. The van der Waals surface area contributed by atoms with Crippen molar-refractivity contribution in [3.05, 3.63) is 10.1 Å². The van der Waals surface area contributed by atoms with E-state index in [4.69, 9.17) is 0 Å². The van der Waals surface area contributed by atoms with Crippen LogP contribution in [0.5, 0.6) is 0 Å². The van der Waals surface area contributed by atoms with Crippen molar-refractivity contribution in [2.24, 2.45) is 0 Å². The van der Waals surface area contributed by atoms with Crippen LogP contribution < -0.4 is 0 Å². The minimum atomic E-state index is -7.20. The van der Waals surface area contributed by atoms with E-state index in [1.807, 2.05) is 0 Å². The predicted octanol–water partition coefficient (Wildman–Crippen LogP) is 1.00. The number of hydrogen-bond donors (Lipinski definition) is 0. The third-order valence-corrected chi connectivity index (χ3v) is 6.03. The average molecular weight is 368 g/mol. The molecule has 0 N–H and O–H groups in total. The summed E-state index contributed by atoms with van der Waals surface area (Å²) in [5, 5.41) is 10.5. The van der Waals surface area contributed by atoms with E-state index in [9.17, 15) is 53.3 Å². The molecule has 0 bridgehead atoms. The largest absolute Gasteiger partial charge is 0.512 e. The second-order valence-electron chi connectivity index (χ2n) is 3.85. The van der Waals surface area contributed by atoms with Crippen LogP contribution in [0.3, 0.4) is 0 Å². The number of nitrogens with zero attached hydrogens (tertiary/aromatic N) is 2. The lowest BCUT2D eigenvalue weighted by atomic mass is 10.3. The highest BCUT2D eigenvalue weighted by molar-refractivity contribution is 8.04. The smallest absolute Gasteiger partial charge is 0.262 e. The number of nitro groups is 1. The van der Waals surface area contributed by atoms with E-state index in [1.54, 1.807) is 0 Å². The summed E-state index contributed by atoms with van der Waals surface area (Å²) in [6.45, 7) is -0.0842. The highest BCUT2D eigenvalue weighted by Gasteiger charge is 2.69. The standard InChI is InChI=1S/C5H6F6N2O6S2/c1-3(2,12(14)15)13(20(16,17)4(6,7)8)21(18,19)5(9,10)11/h1-2H3. The van der Waals surface area contributed by atoms with E-state index in [1.165, 1.54) is 0 Å². The molecule has 16 heteroatoms. The molecular weight excluding hydrogens is 362 g/mol. The van der Waals surface area contributed by atoms with Crippen molar-refractivity contribution in [3.63, 3.8) is 0 Å². The molecular formula is C5H6F6N2O6S2. The molecule has 0 unspecified atom stereocenters. The second-order valence-corrected chi connectivity index (χ2v) is 7.64. The first-order valence-corrected chi connectivity index (χ1v) is 7.27. The Hall–Kier alpha value is -1.16. The van der Waals surface area contributed by atoms with Crippen molar-refractivity contribution in [1.82, 2.24) is 3.71 Å². The van der Waals surface area contributed by atoms with Crippen LogP contribution in [0.2, 0.25) is 0 Å². The molecule has 0 heterocycles. The third-order valence-electron chi connectivity index (χ3n) is 1.92. The zero-order valence-electron chi connectivity index (χ0n) is 9.93. The monoisotopic (exact) mass is 368 g/mol. The minimum Gasteiger partial charge on any atom is -0.262 e. The normalized spacial score (nSPS) is 15.3. The zero-order chi connectivity index (χ0) is 17.7. The highest BCUT2D eigenvalue weighted by Crippen LogP contribution is 2.39. The van der Waals surface area contributed by atoms with Gasteiger partial charge in [-0.15, -0.1) is 0 Å². The summed E-state index contributed by atoms with van der Waals surface area (Å²) in [4.78, 5) is 8.59. The molecule has 0 aliphatic heterocycles. The Balaban J connectivity index is 6.73. The first-order chi connectivity index (χ1) is 8.81. The fraction of sp³-hybridized carbons (Fsp3) is 1.00. The van der Waals surface area contributed by atoms with Gasteiger partial charge in [-0.1, -0.05) is 0 Å². The molecule has 0 radical (unpaired) electrons. The van der Waals surface area contributed by atoms with Gasteiger partial charge in [-0.25, -0.2) is 16.8 Å². The maximum Gasteiger partial charge on any atom is 0.512 e. The van der Waals surface area contributed by atoms with E-state index in [0.29, 0.717) is 0 Å². The van der Waals surface area contributed by atoms with Crippen LogP contribution >= 0.6 is 0 Å². The van der Waals surface area contributed by atoms with Gasteiger partial charge in [-0.05, 0) is 3.71 Å². The van der Waals surface area contributed by atoms with Crippen LogP contribution in [-0.2, 0) is 20.0 Å². The first-order valence-electron chi connectivity index (χ1n) is 4.39. The second kappa shape index (κ2) is 4.94. The lowest BCUT2D eigenvalue weighted by molar-refractivity contribution is -0.577. The van der Waals surface area contributed by atoms with Gasteiger partial charge in [0, 0.05) is 18.8 Å². The lowest BCUT2D eigenvalue weighted by Gasteiger charge is -2.30. The van der Waals surface area contributed by atoms with Gasteiger partial charge >= 0.3 is 31.1 Å². The van der Waals surface area contributed by atoms with E-state index in [-0.39, 0.29) is 13.8 Å². The number of alkyl halides is 6. The summed E-state index contributed by atoms with van der Waals surface area (Å²) in [6, 6.07) is 0. The molecule has 0 spiro atoms. The van der Waals surface area contributed by atoms with Crippen molar-refractivity contribution < 1.29 is 48.1 Å². The van der Waals surface area contributed by atoms with Crippen LogP contribution in [0.4, 0.5) is 26.3 Å². The van der Waals surface area contributed by atoms with E-state index >= 15 is 0 Å². The summed E-state index contributed by atoms with van der Waals surface area (Å²) in [5.41, 5.74) is -16.8. The Kier molecular flexibility index (Phi) is 4.67. The molecule has 0 fully saturated rings. The quantitative estimate of drug-likeness (QED) is 0.316. The average Bonchev–Trinajstić information content (AvgIpc) is 2.11. The van der Waals surface area contributed by atoms with E-state index in [0.717, 1.165) is 0 Å². The fourth-order valence-electron chi connectivity index (χ4n) is 0.972. The fourth-order valence-corrected chi connectivity index (χ4v) is 4.20. The van der Waals surface area contributed by atoms with Crippen molar-refractivity contribution in [1.29, 1.82) is 0 Å². The summed E-state index contributed by atoms with van der Waals surface area (Å²) < 4.78 is 116. The molecule has 0 amide bonds. The molecule has 0 atom stereocenters. The third kappa shape index (κ3) is 3.20. The molecule has 126 valence electrons. The maximum absolute atomic E-state index is 12.3. The van der Waals surface area contributed by atoms with Gasteiger partial charge in [0.1, 0.15) is 0 Å². The summed E-state index contributed by atoms with van der Waals surface area (Å²) in [7, 11) is -14.4. The molecule has 21 heavy (non-hydrogen) atoms. The molecule has 0 saturated heterocycles. The number of sulfonamides is 2. The van der Waals surface area contributed by atoms with Crippen LogP contribution in [-0.4, -0.2) is 42.1 Å². The maximum atomic E-state index is 12.3. The molecule has 0 rings (SSSR count). The van der Waals surface area contributed by atoms with Crippen LogP contribution in [0, 0.1) is 10.1 Å². The Morgan fingerprint density at radius 1 is 0.857 bits per heavy atom. The molecule has 0 aliphatic carbocycles. The topological polar surface area (TPSA) is 115 Å². The first kappa shape index (κ1) is 19.8. The lowest BCUT2D eigenvalue weighted by Crippen LogP contribution is -2.61. The summed E-state index contributed by atoms with van der Waals surface area (Å²) >= 11 is 0. The van der Waals surface area contributed by atoms with Crippen LogP contribution in [0.25, 0.3) is 0 Å². The Bertz CT molecular complexity index is 588. The molecule has 0 aromatic carbocycles. The number of hydrogen-bond acceptors (Lipinski definition) is 6. The molecule has 0 aromatic rings. The minimum absolute atomic E-state index is 0.0421. The molecule has 0 aliphatic rings. The van der Waals surface area contributed by atoms with Crippen molar-refractivity contribution in [3.8, 4) is 0 Å². The van der Waals surface area contributed by atoms with Crippen LogP contribution in [0.15, 0.2) is 0 Å². The highest BCUT2D eigenvalue weighted by atomic mass is 32.3. The molecule has 0 saturated carbocycles. The van der Waals surface area contributed by atoms with Crippen molar-refractivity contribution in [2.45, 2.75) is 30.5 Å². The van der Waals surface area contributed by atoms with Gasteiger partial charge < -0.3 is 0 Å². The van der Waals surface area contributed by atoms with Crippen molar-refractivity contribution in [2.75, 3.05) is 0 Å². The Morgan fingerprint density at radius 3 is 1.24 bits per heavy atom. The summed E-state index contributed by atoms with van der Waals surface area (Å²) in [6.07, 6.45) is 0. The molecule has 0 aromatic heterocycles. The number of rotatable bonds is 4. The van der Waals surface area contributed by atoms with Gasteiger partial charge in [0.2, 0.25) is 0 Å². The van der Waals surface area contributed by atoms with Crippen molar-refractivity contribution >= 4 is 20.0 Å². The Labute approximate surface area is 113 Å². The SMILES string of the molecule is CC(C)(N(S(=O)(=O)C(F)(F)F)S(=O)(=O)C(F)(F)F)[N+](=O)[O-]. The van der Waals surface area contributed by atoms with Crippen LogP contribution in [0.1, 0.15) is 13.8 Å².